The Morgan fingerprint density at radius 1 is 1.43 bits per heavy atom. The van der Waals surface area contributed by atoms with E-state index in [0.717, 1.165) is 32.7 Å². The maximum atomic E-state index is 12.1. The first-order valence-electron chi connectivity index (χ1n) is 7.04. The Bertz CT molecular complexity index is 527. The number of nitrogens with zero attached hydrogens (tertiary/aromatic N) is 2. The van der Waals surface area contributed by atoms with Crippen molar-refractivity contribution in [1.29, 1.82) is 0 Å². The molecule has 1 fully saturated rings. The molecule has 1 aliphatic heterocycles. The number of amides is 1. The topological polar surface area (TPSA) is 87.5 Å². The molecule has 1 aliphatic rings. The molecule has 0 radical (unpaired) electrons. The molecule has 0 aromatic heterocycles. The van der Waals surface area contributed by atoms with Crippen LogP contribution in [0, 0.1) is 17.0 Å². The van der Waals surface area contributed by atoms with Gasteiger partial charge in [-0.1, -0.05) is 0 Å². The van der Waals surface area contributed by atoms with E-state index < -0.39 is 4.92 Å². The average molecular weight is 292 g/mol. The van der Waals surface area contributed by atoms with E-state index in [1.807, 2.05) is 0 Å². The summed E-state index contributed by atoms with van der Waals surface area (Å²) in [6.07, 6.45) is 0. The summed E-state index contributed by atoms with van der Waals surface area (Å²) < 4.78 is 0. The van der Waals surface area contributed by atoms with Gasteiger partial charge in [0.2, 0.25) is 0 Å². The number of rotatable bonds is 5. The number of benzene rings is 1. The van der Waals surface area contributed by atoms with Crippen LogP contribution in [0.3, 0.4) is 0 Å². The third-order valence-electron chi connectivity index (χ3n) is 3.59. The van der Waals surface area contributed by atoms with Crippen molar-refractivity contribution >= 4 is 11.6 Å². The summed E-state index contributed by atoms with van der Waals surface area (Å²) in [5.41, 5.74) is 1.11. The van der Waals surface area contributed by atoms with Gasteiger partial charge < -0.3 is 10.6 Å². The van der Waals surface area contributed by atoms with Gasteiger partial charge in [-0.2, -0.15) is 0 Å². The van der Waals surface area contributed by atoms with Crippen LogP contribution in [0.1, 0.15) is 15.9 Å². The molecule has 2 rings (SSSR count). The molecule has 0 atom stereocenters. The lowest BCUT2D eigenvalue weighted by Gasteiger charge is -2.27. The number of nitrogens with one attached hydrogen (secondary N) is 2. The molecule has 0 bridgehead atoms. The SMILES string of the molecule is Cc1cc([N+](=O)[O-])ccc1C(=O)NCCN1CCNCC1. The molecule has 7 nitrogen and oxygen atoms in total. The van der Waals surface area contributed by atoms with Crippen molar-refractivity contribution in [1.82, 2.24) is 15.5 Å². The number of hydrogen-bond donors (Lipinski definition) is 2. The molecule has 7 heteroatoms. The number of aryl methyl sites for hydroxylation is 1. The van der Waals surface area contributed by atoms with Gasteiger partial charge in [-0.05, 0) is 18.6 Å². The van der Waals surface area contributed by atoms with E-state index in [4.69, 9.17) is 0 Å². The molecule has 1 heterocycles. The second-order valence-corrected chi connectivity index (χ2v) is 5.10. The summed E-state index contributed by atoms with van der Waals surface area (Å²) in [6, 6.07) is 4.29. The van der Waals surface area contributed by atoms with Crippen molar-refractivity contribution in [2.75, 3.05) is 39.3 Å². The molecule has 1 aromatic carbocycles. The van der Waals surface area contributed by atoms with Gasteiger partial charge in [0, 0.05) is 57.0 Å². The minimum atomic E-state index is -0.459. The van der Waals surface area contributed by atoms with Crippen LogP contribution in [-0.2, 0) is 0 Å². The molecule has 1 amide bonds. The van der Waals surface area contributed by atoms with Crippen molar-refractivity contribution in [2.24, 2.45) is 0 Å². The molecular formula is C14H20N4O3. The second kappa shape index (κ2) is 7.14. The highest BCUT2D eigenvalue weighted by Gasteiger charge is 2.14. The Morgan fingerprint density at radius 2 is 2.14 bits per heavy atom. The number of carbonyl (C=O) groups is 1. The zero-order valence-electron chi connectivity index (χ0n) is 12.1. The molecular weight excluding hydrogens is 272 g/mol. The first-order chi connectivity index (χ1) is 10.1. The van der Waals surface area contributed by atoms with Crippen LogP contribution in [0.5, 0.6) is 0 Å². The number of piperazine rings is 1. The lowest BCUT2D eigenvalue weighted by Crippen LogP contribution is -2.46. The fraction of sp³-hybridized carbons (Fsp3) is 0.500. The third kappa shape index (κ3) is 4.24. The molecule has 21 heavy (non-hydrogen) atoms. The minimum Gasteiger partial charge on any atom is -0.351 e. The van der Waals surface area contributed by atoms with Crippen LogP contribution in [0.15, 0.2) is 18.2 Å². The molecule has 114 valence electrons. The summed E-state index contributed by atoms with van der Waals surface area (Å²) in [5, 5.41) is 16.8. The normalized spacial score (nSPS) is 15.7. The van der Waals surface area contributed by atoms with Crippen LogP contribution < -0.4 is 10.6 Å². The highest BCUT2D eigenvalue weighted by Crippen LogP contribution is 2.16. The molecule has 1 aromatic rings. The highest BCUT2D eigenvalue weighted by molar-refractivity contribution is 5.95. The summed E-state index contributed by atoms with van der Waals surface area (Å²) >= 11 is 0. The predicted molar refractivity (Wildman–Crippen MR) is 79.5 cm³/mol. The van der Waals surface area contributed by atoms with E-state index in [1.165, 1.54) is 18.2 Å². The first kappa shape index (κ1) is 15.4. The van der Waals surface area contributed by atoms with E-state index in [2.05, 4.69) is 15.5 Å². The summed E-state index contributed by atoms with van der Waals surface area (Å²) in [4.78, 5) is 24.6. The average Bonchev–Trinajstić information content (AvgIpc) is 2.48. The van der Waals surface area contributed by atoms with Gasteiger partial charge in [0.15, 0.2) is 0 Å². The molecule has 0 aliphatic carbocycles. The molecule has 0 unspecified atom stereocenters. The van der Waals surface area contributed by atoms with E-state index in [0.29, 0.717) is 17.7 Å². The van der Waals surface area contributed by atoms with E-state index in [9.17, 15) is 14.9 Å². The lowest BCUT2D eigenvalue weighted by molar-refractivity contribution is -0.384. The smallest absolute Gasteiger partial charge is 0.269 e. The first-order valence-corrected chi connectivity index (χ1v) is 7.04. The number of nitro groups is 1. The Kier molecular flexibility index (Phi) is 5.24. The predicted octanol–water partition coefficient (Wildman–Crippen LogP) is 0.538. The van der Waals surface area contributed by atoms with Crippen molar-refractivity contribution in [3.05, 3.63) is 39.4 Å². The van der Waals surface area contributed by atoms with Gasteiger partial charge in [-0.25, -0.2) is 0 Å². The lowest BCUT2D eigenvalue weighted by atomic mass is 10.1. The number of hydrogen-bond acceptors (Lipinski definition) is 5. The van der Waals surface area contributed by atoms with Crippen molar-refractivity contribution in [2.45, 2.75) is 6.92 Å². The van der Waals surface area contributed by atoms with Gasteiger partial charge >= 0.3 is 0 Å². The fourth-order valence-corrected chi connectivity index (χ4v) is 2.37. The summed E-state index contributed by atoms with van der Waals surface area (Å²) in [5.74, 6) is -0.183. The Morgan fingerprint density at radius 3 is 2.76 bits per heavy atom. The number of nitro benzene ring substituents is 1. The molecule has 2 N–H and O–H groups in total. The largest absolute Gasteiger partial charge is 0.351 e. The number of non-ortho nitro benzene ring substituents is 1. The van der Waals surface area contributed by atoms with Gasteiger partial charge in [-0.15, -0.1) is 0 Å². The van der Waals surface area contributed by atoms with E-state index in [-0.39, 0.29) is 11.6 Å². The van der Waals surface area contributed by atoms with Gasteiger partial charge in [0.25, 0.3) is 11.6 Å². The van der Waals surface area contributed by atoms with Crippen LogP contribution in [0.25, 0.3) is 0 Å². The van der Waals surface area contributed by atoms with Crippen LogP contribution in [0.2, 0.25) is 0 Å². The molecule has 1 saturated heterocycles. The van der Waals surface area contributed by atoms with Crippen LogP contribution in [-0.4, -0.2) is 55.0 Å². The standard InChI is InChI=1S/C14H20N4O3/c1-11-10-12(18(20)21)2-3-13(11)14(19)16-6-9-17-7-4-15-5-8-17/h2-3,10,15H,4-9H2,1H3,(H,16,19). The van der Waals surface area contributed by atoms with Crippen LogP contribution >= 0.6 is 0 Å². The Labute approximate surface area is 123 Å². The van der Waals surface area contributed by atoms with Gasteiger partial charge in [-0.3, -0.25) is 19.8 Å². The van der Waals surface area contributed by atoms with Crippen molar-refractivity contribution < 1.29 is 9.72 Å². The quantitative estimate of drug-likeness (QED) is 0.611. The zero-order valence-corrected chi connectivity index (χ0v) is 12.1. The summed E-state index contributed by atoms with van der Waals surface area (Å²) in [6.45, 7) is 7.05. The van der Waals surface area contributed by atoms with Crippen molar-refractivity contribution in [3.8, 4) is 0 Å². The van der Waals surface area contributed by atoms with Gasteiger partial charge in [0.1, 0.15) is 0 Å². The molecule has 0 spiro atoms. The maximum Gasteiger partial charge on any atom is 0.269 e. The Balaban J connectivity index is 1.86. The van der Waals surface area contributed by atoms with Crippen molar-refractivity contribution in [3.63, 3.8) is 0 Å². The number of carbonyl (C=O) groups excluding carboxylic acids is 1. The highest BCUT2D eigenvalue weighted by atomic mass is 16.6. The summed E-state index contributed by atoms with van der Waals surface area (Å²) in [7, 11) is 0. The fourth-order valence-electron chi connectivity index (χ4n) is 2.37. The third-order valence-corrected chi connectivity index (χ3v) is 3.59. The monoisotopic (exact) mass is 292 g/mol. The zero-order chi connectivity index (χ0) is 15.2. The maximum absolute atomic E-state index is 12.1. The second-order valence-electron chi connectivity index (χ2n) is 5.10. The molecule has 0 saturated carbocycles. The van der Waals surface area contributed by atoms with Crippen LogP contribution in [0.4, 0.5) is 5.69 Å². The Hall–Kier alpha value is -1.99. The minimum absolute atomic E-state index is 0.00451. The van der Waals surface area contributed by atoms with Gasteiger partial charge in [0.05, 0.1) is 4.92 Å². The van der Waals surface area contributed by atoms with E-state index >= 15 is 0 Å². The van der Waals surface area contributed by atoms with E-state index in [1.54, 1.807) is 6.92 Å².